The van der Waals surface area contributed by atoms with E-state index in [0.29, 0.717) is 5.82 Å². The molecule has 0 N–H and O–H groups in total. The molecule has 0 aliphatic heterocycles. The van der Waals surface area contributed by atoms with Crippen LogP contribution in [0.5, 0.6) is 0 Å². The van der Waals surface area contributed by atoms with E-state index in [-0.39, 0.29) is 24.9 Å². The van der Waals surface area contributed by atoms with Gasteiger partial charge in [0, 0.05) is 10.9 Å². The predicted octanol–water partition coefficient (Wildman–Crippen LogP) is 4.45. The zero-order valence-electron chi connectivity index (χ0n) is 14.3. The van der Waals surface area contributed by atoms with Gasteiger partial charge in [0.25, 0.3) is 5.89 Å². The summed E-state index contributed by atoms with van der Waals surface area (Å²) in [5, 5.41) is 6.76. The Kier molecular flexibility index (Phi) is 4.30. The van der Waals surface area contributed by atoms with Gasteiger partial charge in [-0.15, -0.1) is 11.3 Å². The van der Waals surface area contributed by atoms with Gasteiger partial charge in [0.2, 0.25) is 5.82 Å². The fraction of sp³-hybridized carbons (Fsp3) is 0.211. The second-order valence-corrected chi connectivity index (χ2v) is 6.92. The summed E-state index contributed by atoms with van der Waals surface area (Å²) in [5.41, 5.74) is 3.84. The molecule has 0 bridgehead atoms. The van der Waals surface area contributed by atoms with Gasteiger partial charge in [-0.3, -0.25) is 4.79 Å². The SMILES string of the molecule is Cc1ccc2c(CC(=O)OCc3nc(-c4cccs4)no3)coc2c1C. The number of aromatic nitrogens is 2. The summed E-state index contributed by atoms with van der Waals surface area (Å²) in [6.45, 7) is 3.98. The molecule has 0 spiro atoms. The number of furan rings is 1. The van der Waals surface area contributed by atoms with Gasteiger partial charge in [0.1, 0.15) is 5.58 Å². The number of esters is 1. The van der Waals surface area contributed by atoms with Crippen molar-refractivity contribution in [2.24, 2.45) is 0 Å². The van der Waals surface area contributed by atoms with Crippen LogP contribution in [0.3, 0.4) is 0 Å². The zero-order chi connectivity index (χ0) is 18.1. The highest BCUT2D eigenvalue weighted by Crippen LogP contribution is 2.27. The maximum Gasteiger partial charge on any atom is 0.310 e. The number of hydrogen-bond acceptors (Lipinski definition) is 7. The standard InChI is InChI=1S/C19H16N2O4S/c1-11-5-6-14-13(9-24-18(14)12(11)2)8-17(22)23-10-16-20-19(21-25-16)15-4-3-7-26-15/h3-7,9H,8,10H2,1-2H3. The molecule has 0 unspecified atom stereocenters. The minimum absolute atomic E-state index is 0.0505. The van der Waals surface area contributed by atoms with E-state index in [1.807, 2.05) is 43.5 Å². The van der Waals surface area contributed by atoms with Crippen molar-refractivity contribution in [2.45, 2.75) is 26.9 Å². The van der Waals surface area contributed by atoms with E-state index < -0.39 is 0 Å². The van der Waals surface area contributed by atoms with Gasteiger partial charge < -0.3 is 13.7 Å². The summed E-state index contributed by atoms with van der Waals surface area (Å²) in [6, 6.07) is 7.80. The Hall–Kier alpha value is -2.93. The monoisotopic (exact) mass is 368 g/mol. The van der Waals surface area contributed by atoms with Crippen LogP contribution in [-0.4, -0.2) is 16.1 Å². The summed E-state index contributed by atoms with van der Waals surface area (Å²) in [4.78, 5) is 17.3. The van der Waals surface area contributed by atoms with E-state index in [9.17, 15) is 4.79 Å². The van der Waals surface area contributed by atoms with Crippen molar-refractivity contribution in [3.05, 3.63) is 58.5 Å². The third-order valence-electron chi connectivity index (χ3n) is 4.24. The van der Waals surface area contributed by atoms with E-state index in [1.54, 1.807) is 6.26 Å². The van der Waals surface area contributed by atoms with Crippen LogP contribution in [0.1, 0.15) is 22.6 Å². The highest BCUT2D eigenvalue weighted by atomic mass is 32.1. The minimum Gasteiger partial charge on any atom is -0.464 e. The quantitative estimate of drug-likeness (QED) is 0.484. The van der Waals surface area contributed by atoms with E-state index in [0.717, 1.165) is 32.5 Å². The Morgan fingerprint density at radius 2 is 2.15 bits per heavy atom. The summed E-state index contributed by atoms with van der Waals surface area (Å²) >= 11 is 1.52. The lowest BCUT2D eigenvalue weighted by molar-refractivity contribution is -0.144. The largest absolute Gasteiger partial charge is 0.464 e. The van der Waals surface area contributed by atoms with E-state index in [4.69, 9.17) is 13.7 Å². The van der Waals surface area contributed by atoms with Crippen molar-refractivity contribution in [3.8, 4) is 10.7 Å². The molecule has 132 valence electrons. The number of carbonyl (C=O) groups excluding carboxylic acids is 1. The summed E-state index contributed by atoms with van der Waals surface area (Å²) in [5.74, 6) is 0.393. The number of benzene rings is 1. The lowest BCUT2D eigenvalue weighted by Crippen LogP contribution is -2.07. The smallest absolute Gasteiger partial charge is 0.310 e. The van der Waals surface area contributed by atoms with Crippen LogP contribution >= 0.6 is 11.3 Å². The van der Waals surface area contributed by atoms with Crippen molar-refractivity contribution < 1.29 is 18.5 Å². The van der Waals surface area contributed by atoms with Crippen molar-refractivity contribution in [1.29, 1.82) is 0 Å². The van der Waals surface area contributed by atoms with Crippen molar-refractivity contribution >= 4 is 28.3 Å². The average molecular weight is 368 g/mol. The van der Waals surface area contributed by atoms with Crippen LogP contribution in [0.2, 0.25) is 0 Å². The first-order chi connectivity index (χ1) is 12.6. The highest BCUT2D eigenvalue weighted by molar-refractivity contribution is 7.13. The Morgan fingerprint density at radius 1 is 1.27 bits per heavy atom. The maximum absolute atomic E-state index is 12.2. The molecule has 4 aromatic rings. The zero-order valence-corrected chi connectivity index (χ0v) is 15.1. The van der Waals surface area contributed by atoms with Gasteiger partial charge in [-0.2, -0.15) is 4.98 Å². The fourth-order valence-corrected chi connectivity index (χ4v) is 3.34. The summed E-state index contributed by atoms with van der Waals surface area (Å²) in [6.07, 6.45) is 1.74. The number of ether oxygens (including phenoxy) is 1. The highest BCUT2D eigenvalue weighted by Gasteiger charge is 2.15. The molecule has 0 saturated heterocycles. The van der Waals surface area contributed by atoms with Crippen molar-refractivity contribution in [2.75, 3.05) is 0 Å². The summed E-state index contributed by atoms with van der Waals surface area (Å²) < 4.78 is 16.0. The van der Waals surface area contributed by atoms with Gasteiger partial charge in [-0.1, -0.05) is 23.4 Å². The average Bonchev–Trinajstić information content (AvgIpc) is 3.36. The molecule has 3 aromatic heterocycles. The molecule has 7 heteroatoms. The molecular weight excluding hydrogens is 352 g/mol. The Morgan fingerprint density at radius 3 is 2.96 bits per heavy atom. The predicted molar refractivity (Wildman–Crippen MR) is 96.8 cm³/mol. The number of rotatable bonds is 5. The van der Waals surface area contributed by atoms with Gasteiger partial charge in [-0.05, 0) is 36.4 Å². The first-order valence-electron chi connectivity index (χ1n) is 8.10. The minimum atomic E-state index is -0.373. The number of hydrogen-bond donors (Lipinski definition) is 0. The first-order valence-corrected chi connectivity index (χ1v) is 8.98. The molecular formula is C19H16N2O4S. The van der Waals surface area contributed by atoms with Gasteiger partial charge >= 0.3 is 5.97 Å². The third kappa shape index (κ3) is 3.13. The van der Waals surface area contributed by atoms with E-state index in [2.05, 4.69) is 10.1 Å². The number of nitrogens with zero attached hydrogens (tertiary/aromatic N) is 2. The summed E-state index contributed by atoms with van der Waals surface area (Å²) in [7, 11) is 0. The molecule has 1 aromatic carbocycles. The molecule has 3 heterocycles. The Balaban J connectivity index is 1.41. The molecule has 0 aliphatic carbocycles. The van der Waals surface area contributed by atoms with Crippen molar-refractivity contribution in [3.63, 3.8) is 0 Å². The van der Waals surface area contributed by atoms with Gasteiger partial charge in [0.05, 0.1) is 17.6 Å². The lowest BCUT2D eigenvalue weighted by atomic mass is 10.0. The molecule has 26 heavy (non-hydrogen) atoms. The molecule has 0 saturated carbocycles. The molecule has 6 nitrogen and oxygen atoms in total. The molecule has 0 aliphatic rings. The molecule has 0 atom stereocenters. The topological polar surface area (TPSA) is 78.4 Å². The molecule has 0 radical (unpaired) electrons. The molecule has 4 rings (SSSR count). The van der Waals surface area contributed by atoms with Crippen LogP contribution < -0.4 is 0 Å². The number of carbonyl (C=O) groups is 1. The van der Waals surface area contributed by atoms with Crippen LogP contribution in [0, 0.1) is 13.8 Å². The third-order valence-corrected chi connectivity index (χ3v) is 5.11. The Labute approximate surface area is 153 Å². The number of aryl methyl sites for hydroxylation is 2. The van der Waals surface area contributed by atoms with Crippen LogP contribution in [0.25, 0.3) is 21.7 Å². The second-order valence-electron chi connectivity index (χ2n) is 5.97. The van der Waals surface area contributed by atoms with Gasteiger partial charge in [0.15, 0.2) is 6.61 Å². The molecule has 0 fully saturated rings. The first kappa shape index (κ1) is 16.5. The molecule has 0 amide bonds. The fourth-order valence-electron chi connectivity index (χ4n) is 2.69. The van der Waals surface area contributed by atoms with Crippen LogP contribution in [0.4, 0.5) is 0 Å². The Bertz CT molecular complexity index is 1060. The van der Waals surface area contributed by atoms with Gasteiger partial charge in [-0.25, -0.2) is 0 Å². The number of thiophene rings is 1. The van der Waals surface area contributed by atoms with Crippen LogP contribution in [0.15, 0.2) is 44.8 Å². The maximum atomic E-state index is 12.2. The second kappa shape index (κ2) is 6.76. The van der Waals surface area contributed by atoms with Crippen LogP contribution in [-0.2, 0) is 22.6 Å². The lowest BCUT2D eigenvalue weighted by Gasteiger charge is -2.02. The number of fused-ring (bicyclic) bond motifs is 1. The van der Waals surface area contributed by atoms with E-state index >= 15 is 0 Å². The van der Waals surface area contributed by atoms with Crippen molar-refractivity contribution in [1.82, 2.24) is 10.1 Å². The normalized spacial score (nSPS) is 11.2. The van der Waals surface area contributed by atoms with E-state index in [1.165, 1.54) is 11.3 Å².